The summed E-state index contributed by atoms with van der Waals surface area (Å²) in [5.41, 5.74) is 2.63. The van der Waals surface area contributed by atoms with Crippen molar-refractivity contribution in [3.05, 3.63) is 42.7 Å². The van der Waals surface area contributed by atoms with Crippen molar-refractivity contribution in [2.24, 2.45) is 5.41 Å². The Morgan fingerprint density at radius 3 is 2.25 bits per heavy atom. The van der Waals surface area contributed by atoms with E-state index in [4.69, 9.17) is 4.74 Å². The van der Waals surface area contributed by atoms with E-state index >= 15 is 0 Å². The number of aromatic nitrogens is 2. The molecule has 0 radical (unpaired) electrons. The summed E-state index contributed by atoms with van der Waals surface area (Å²) >= 11 is 0. The van der Waals surface area contributed by atoms with Crippen molar-refractivity contribution in [3.63, 3.8) is 0 Å². The molecule has 4 N–H and O–H groups in total. The standard InChI is InChI=1S/C40H58N10O4.ClH/c1-26(41-5)37(51)46-35(40(2,3)4)39(53)50-16-8-9-33(50)38(52)45-32-23-30-31(24-34(32)54-7)42-25-43-36(30)44-27-10-12-28(13-11-27)48-17-14-29(15-18-48)49-21-19-47(6)20-22-49;/h10-13,23-26,29,33,35,41H,8-9,14-22H2,1-7H3,(H,45,52)(H,46,51)(H,42,43,44);1H/t26-,33-,35+;/m0./s1. The zero-order valence-electron chi connectivity index (χ0n) is 33.4. The van der Waals surface area contributed by atoms with Crippen LogP contribution in [0.5, 0.6) is 5.75 Å². The van der Waals surface area contributed by atoms with Gasteiger partial charge < -0.3 is 40.7 Å². The van der Waals surface area contributed by atoms with Crippen LogP contribution in [0.1, 0.15) is 53.4 Å². The molecular weight excluding hydrogens is 720 g/mol. The molecule has 6 rings (SSSR count). The van der Waals surface area contributed by atoms with Gasteiger partial charge in [-0.3, -0.25) is 19.3 Å². The second-order valence-electron chi connectivity index (χ2n) is 16.0. The summed E-state index contributed by atoms with van der Waals surface area (Å²) in [6.45, 7) is 14.6. The highest BCUT2D eigenvalue weighted by Crippen LogP contribution is 2.35. The molecule has 3 aliphatic heterocycles. The molecule has 1 aromatic heterocycles. The lowest BCUT2D eigenvalue weighted by atomic mass is 9.85. The third-order valence-electron chi connectivity index (χ3n) is 11.3. The summed E-state index contributed by atoms with van der Waals surface area (Å²) < 4.78 is 5.69. The molecule has 0 spiro atoms. The van der Waals surface area contributed by atoms with E-state index in [1.54, 1.807) is 32.0 Å². The Kier molecular flexibility index (Phi) is 13.8. The topological polar surface area (TPSA) is 147 Å². The number of hydrogen-bond donors (Lipinski definition) is 4. The van der Waals surface area contributed by atoms with Crippen LogP contribution in [0, 0.1) is 5.41 Å². The van der Waals surface area contributed by atoms with Crippen LogP contribution in [0.4, 0.5) is 22.9 Å². The number of piperidine rings is 1. The Balaban J connectivity index is 0.00000580. The van der Waals surface area contributed by atoms with Gasteiger partial charge in [-0.2, -0.15) is 0 Å². The molecule has 4 heterocycles. The molecule has 3 fully saturated rings. The van der Waals surface area contributed by atoms with Crippen LogP contribution in [0.3, 0.4) is 0 Å². The van der Waals surface area contributed by atoms with E-state index in [0.29, 0.717) is 53.6 Å². The second kappa shape index (κ2) is 18.1. The number of hydrogen-bond acceptors (Lipinski definition) is 11. The number of benzene rings is 2. The lowest BCUT2D eigenvalue weighted by Gasteiger charge is -2.42. The van der Waals surface area contributed by atoms with E-state index in [2.05, 4.69) is 77.2 Å². The molecule has 3 saturated heterocycles. The fourth-order valence-electron chi connectivity index (χ4n) is 7.75. The van der Waals surface area contributed by atoms with Gasteiger partial charge >= 0.3 is 0 Å². The fourth-order valence-corrected chi connectivity index (χ4v) is 7.75. The molecule has 3 amide bonds. The van der Waals surface area contributed by atoms with Gasteiger partial charge in [0.05, 0.1) is 24.4 Å². The highest BCUT2D eigenvalue weighted by molar-refractivity contribution is 6.03. The number of halogens is 1. The SMILES string of the molecule is CN[C@@H](C)C(=O)N[C@H](C(=O)N1CCC[C@H]1C(=O)Nc1cc2c(Nc3ccc(N4CCC(N5CCN(C)CC5)CC4)cc3)ncnc2cc1OC)C(C)(C)C.Cl. The molecule has 3 aromatic rings. The normalized spacial score (nSPS) is 19.7. The van der Waals surface area contributed by atoms with Crippen LogP contribution >= 0.6 is 12.4 Å². The van der Waals surface area contributed by atoms with Crippen molar-refractivity contribution >= 4 is 63.9 Å². The Morgan fingerprint density at radius 2 is 1.62 bits per heavy atom. The van der Waals surface area contributed by atoms with Crippen molar-refractivity contribution in [1.82, 2.24) is 35.3 Å². The molecule has 55 heavy (non-hydrogen) atoms. The van der Waals surface area contributed by atoms with E-state index in [1.165, 1.54) is 24.9 Å². The fraction of sp³-hybridized carbons (Fsp3) is 0.575. The second-order valence-corrected chi connectivity index (χ2v) is 16.0. The number of carbonyl (C=O) groups is 3. The summed E-state index contributed by atoms with van der Waals surface area (Å²) in [5, 5.41) is 13.0. The smallest absolute Gasteiger partial charge is 0.247 e. The van der Waals surface area contributed by atoms with Crippen molar-refractivity contribution < 1.29 is 19.1 Å². The highest BCUT2D eigenvalue weighted by atomic mass is 35.5. The van der Waals surface area contributed by atoms with E-state index in [1.807, 2.05) is 26.8 Å². The lowest BCUT2D eigenvalue weighted by Crippen LogP contribution is -2.59. The lowest BCUT2D eigenvalue weighted by molar-refractivity contribution is -0.143. The van der Waals surface area contributed by atoms with Crippen molar-refractivity contribution in [1.29, 1.82) is 0 Å². The van der Waals surface area contributed by atoms with Crippen LogP contribution in [0.15, 0.2) is 42.7 Å². The van der Waals surface area contributed by atoms with Gasteiger partial charge in [-0.1, -0.05) is 20.8 Å². The van der Waals surface area contributed by atoms with Gasteiger partial charge in [0.25, 0.3) is 0 Å². The molecule has 14 nitrogen and oxygen atoms in total. The molecular formula is C40H59ClN10O4. The van der Waals surface area contributed by atoms with Gasteiger partial charge in [0.15, 0.2) is 0 Å². The van der Waals surface area contributed by atoms with Gasteiger partial charge in [0.2, 0.25) is 17.7 Å². The summed E-state index contributed by atoms with van der Waals surface area (Å²) in [6, 6.07) is 10.7. The highest BCUT2D eigenvalue weighted by Gasteiger charge is 2.42. The third-order valence-corrected chi connectivity index (χ3v) is 11.3. The number of carbonyl (C=O) groups excluding carboxylic acids is 3. The number of nitrogens with one attached hydrogen (secondary N) is 4. The molecule has 0 aliphatic carbocycles. The van der Waals surface area contributed by atoms with Gasteiger partial charge in [-0.15, -0.1) is 12.4 Å². The molecule has 3 atom stereocenters. The molecule has 0 saturated carbocycles. The van der Waals surface area contributed by atoms with Crippen molar-refractivity contribution in [2.45, 2.75) is 77.5 Å². The van der Waals surface area contributed by atoms with Crippen LogP contribution < -0.4 is 30.9 Å². The first-order chi connectivity index (χ1) is 25.9. The molecule has 15 heteroatoms. The zero-order chi connectivity index (χ0) is 38.6. The van der Waals surface area contributed by atoms with Crippen LogP contribution in [-0.2, 0) is 14.4 Å². The van der Waals surface area contributed by atoms with E-state index in [-0.39, 0.29) is 30.1 Å². The number of fused-ring (bicyclic) bond motifs is 1. The first-order valence-electron chi connectivity index (χ1n) is 19.3. The molecule has 0 unspecified atom stereocenters. The Hall–Kier alpha value is -4.24. The number of likely N-dealkylation sites (tertiary alicyclic amines) is 1. The number of nitrogens with zero attached hydrogens (tertiary/aromatic N) is 6. The van der Waals surface area contributed by atoms with Crippen LogP contribution in [0.25, 0.3) is 10.9 Å². The average molecular weight is 779 g/mol. The predicted molar refractivity (Wildman–Crippen MR) is 221 cm³/mol. The predicted octanol–water partition coefficient (Wildman–Crippen LogP) is 4.09. The number of anilines is 4. The van der Waals surface area contributed by atoms with Crippen molar-refractivity contribution in [3.8, 4) is 5.75 Å². The number of piperazine rings is 1. The van der Waals surface area contributed by atoms with Gasteiger partial charge in [0.1, 0.15) is 30.0 Å². The van der Waals surface area contributed by atoms with Crippen molar-refractivity contribution in [2.75, 3.05) is 82.6 Å². The van der Waals surface area contributed by atoms with Crippen LogP contribution in [-0.4, -0.2) is 134 Å². The van der Waals surface area contributed by atoms with E-state index in [0.717, 1.165) is 45.0 Å². The monoisotopic (exact) mass is 778 g/mol. The number of methoxy groups -OCH3 is 1. The minimum Gasteiger partial charge on any atom is -0.494 e. The Labute approximate surface area is 331 Å². The Bertz CT molecular complexity index is 1790. The van der Waals surface area contributed by atoms with Gasteiger partial charge in [-0.25, -0.2) is 9.97 Å². The largest absolute Gasteiger partial charge is 0.494 e. The molecule has 3 aliphatic rings. The van der Waals surface area contributed by atoms with E-state index < -0.39 is 23.5 Å². The maximum atomic E-state index is 14.0. The number of rotatable bonds is 11. The Morgan fingerprint density at radius 1 is 0.927 bits per heavy atom. The summed E-state index contributed by atoms with van der Waals surface area (Å²) in [5.74, 6) is 0.166. The summed E-state index contributed by atoms with van der Waals surface area (Å²) in [6.07, 6.45) is 5.04. The number of likely N-dealkylation sites (N-methyl/N-ethyl adjacent to an activating group) is 2. The first-order valence-corrected chi connectivity index (χ1v) is 19.3. The van der Waals surface area contributed by atoms with Crippen LogP contribution in [0.2, 0.25) is 0 Å². The van der Waals surface area contributed by atoms with E-state index in [9.17, 15) is 14.4 Å². The maximum Gasteiger partial charge on any atom is 0.247 e. The summed E-state index contributed by atoms with van der Waals surface area (Å²) in [7, 11) is 5.45. The number of amides is 3. The third kappa shape index (κ3) is 9.77. The first kappa shape index (κ1) is 41.9. The number of ether oxygens (including phenoxy) is 1. The summed E-state index contributed by atoms with van der Waals surface area (Å²) in [4.78, 5) is 58.9. The molecule has 0 bridgehead atoms. The van der Waals surface area contributed by atoms with Gasteiger partial charge in [-0.05, 0) is 82.4 Å². The average Bonchev–Trinajstić information content (AvgIpc) is 3.67. The van der Waals surface area contributed by atoms with Gasteiger partial charge in [0, 0.05) is 74.7 Å². The molecule has 300 valence electrons. The molecule has 2 aromatic carbocycles. The minimum absolute atomic E-state index is 0. The maximum absolute atomic E-state index is 14.0. The quantitative estimate of drug-likeness (QED) is 0.223. The zero-order valence-corrected chi connectivity index (χ0v) is 34.2. The minimum atomic E-state index is -0.802.